The number of primary amides is 1. The van der Waals surface area contributed by atoms with Gasteiger partial charge in [-0.2, -0.15) is 0 Å². The van der Waals surface area contributed by atoms with Crippen molar-refractivity contribution in [3.05, 3.63) is 18.4 Å². The molecule has 0 aliphatic carbocycles. The summed E-state index contributed by atoms with van der Waals surface area (Å²) in [5.74, 6) is -0.185. The average Bonchev–Trinajstić information content (AvgIpc) is 2.93. The lowest BCUT2D eigenvalue weighted by atomic mass is 9.74. The van der Waals surface area contributed by atoms with Gasteiger partial charge in [-0.05, 0) is 19.3 Å². The Balaban J connectivity index is 2.02. The minimum Gasteiger partial charge on any atom is -0.438 e. The summed E-state index contributed by atoms with van der Waals surface area (Å²) in [4.78, 5) is 29.2. The van der Waals surface area contributed by atoms with Crippen LogP contribution in [-0.2, 0) is 4.79 Å². The molecule has 6 nitrogen and oxygen atoms in total. The van der Waals surface area contributed by atoms with E-state index in [1.807, 2.05) is 6.92 Å². The van der Waals surface area contributed by atoms with E-state index in [1.54, 1.807) is 4.90 Å². The van der Waals surface area contributed by atoms with Crippen molar-refractivity contribution in [3.8, 4) is 0 Å². The van der Waals surface area contributed by atoms with Crippen molar-refractivity contribution in [3.63, 3.8) is 0 Å². The molecule has 1 aliphatic heterocycles. The summed E-state index contributed by atoms with van der Waals surface area (Å²) >= 11 is 0. The number of nitrogens with two attached hydrogens (primary N) is 1. The fraction of sp³-hybridized carbons (Fsp3) is 0.615. The summed E-state index contributed by atoms with van der Waals surface area (Å²) in [5.41, 5.74) is 5.08. The molecule has 1 saturated heterocycles. The van der Waals surface area contributed by atoms with Crippen LogP contribution in [0.2, 0.25) is 0 Å². The lowest BCUT2D eigenvalue weighted by Crippen LogP contribution is -2.48. The van der Waals surface area contributed by atoms with E-state index in [0.29, 0.717) is 25.9 Å². The number of nitrogens with zero attached hydrogens (tertiary/aromatic N) is 2. The number of carbonyl (C=O) groups excluding carboxylic acids is 2. The second-order valence-corrected chi connectivity index (χ2v) is 5.05. The first-order valence-electron chi connectivity index (χ1n) is 6.57. The lowest BCUT2D eigenvalue weighted by Gasteiger charge is -2.39. The average molecular weight is 265 g/mol. The minimum atomic E-state index is -0.451. The van der Waals surface area contributed by atoms with Crippen LogP contribution in [-0.4, -0.2) is 34.8 Å². The molecule has 0 atom stereocenters. The van der Waals surface area contributed by atoms with Crippen LogP contribution in [0.5, 0.6) is 0 Å². The van der Waals surface area contributed by atoms with E-state index in [9.17, 15) is 9.59 Å². The van der Waals surface area contributed by atoms with Crippen molar-refractivity contribution in [1.82, 2.24) is 9.88 Å². The summed E-state index contributed by atoms with van der Waals surface area (Å²) < 4.78 is 5.00. The number of piperidine rings is 1. The molecule has 2 amide bonds. The maximum Gasteiger partial charge on any atom is 0.291 e. The van der Waals surface area contributed by atoms with Gasteiger partial charge in [-0.15, -0.1) is 0 Å². The highest BCUT2D eigenvalue weighted by Gasteiger charge is 2.40. The second kappa shape index (κ2) is 5.42. The fourth-order valence-corrected chi connectivity index (χ4v) is 2.71. The number of hydrogen-bond donors (Lipinski definition) is 1. The quantitative estimate of drug-likeness (QED) is 0.885. The Morgan fingerprint density at radius 3 is 2.63 bits per heavy atom. The molecule has 104 valence electrons. The molecule has 0 radical (unpaired) electrons. The topological polar surface area (TPSA) is 89.4 Å². The van der Waals surface area contributed by atoms with E-state index in [2.05, 4.69) is 4.98 Å². The van der Waals surface area contributed by atoms with Crippen molar-refractivity contribution < 1.29 is 14.0 Å². The molecule has 0 bridgehead atoms. The first kappa shape index (κ1) is 13.6. The van der Waals surface area contributed by atoms with Gasteiger partial charge in [0.15, 0.2) is 6.39 Å². The largest absolute Gasteiger partial charge is 0.438 e. The molecule has 6 heteroatoms. The van der Waals surface area contributed by atoms with Crippen LogP contribution in [0.15, 0.2) is 17.0 Å². The van der Waals surface area contributed by atoms with Crippen molar-refractivity contribution in [2.24, 2.45) is 11.1 Å². The number of aromatic nitrogens is 1. The Bertz CT molecular complexity index is 448. The summed E-state index contributed by atoms with van der Waals surface area (Å²) in [6, 6.07) is 0. The van der Waals surface area contributed by atoms with Crippen LogP contribution in [0.4, 0.5) is 0 Å². The first-order chi connectivity index (χ1) is 9.09. The maximum absolute atomic E-state index is 12.1. The number of oxazole rings is 1. The van der Waals surface area contributed by atoms with E-state index < -0.39 is 5.41 Å². The molecule has 1 aromatic heterocycles. The summed E-state index contributed by atoms with van der Waals surface area (Å²) in [5, 5.41) is 0. The van der Waals surface area contributed by atoms with Crippen LogP contribution < -0.4 is 5.73 Å². The van der Waals surface area contributed by atoms with Gasteiger partial charge in [-0.25, -0.2) is 4.98 Å². The zero-order chi connectivity index (χ0) is 13.9. The predicted molar refractivity (Wildman–Crippen MR) is 68.2 cm³/mol. The van der Waals surface area contributed by atoms with Crippen molar-refractivity contribution >= 4 is 11.8 Å². The molecule has 19 heavy (non-hydrogen) atoms. The van der Waals surface area contributed by atoms with Gasteiger partial charge in [0.25, 0.3) is 5.91 Å². The number of amides is 2. The fourth-order valence-electron chi connectivity index (χ4n) is 2.71. The van der Waals surface area contributed by atoms with Gasteiger partial charge in [-0.1, -0.05) is 13.3 Å². The molecule has 2 rings (SSSR count). The third-order valence-electron chi connectivity index (χ3n) is 3.90. The Morgan fingerprint density at radius 1 is 1.47 bits per heavy atom. The molecule has 0 spiro atoms. The highest BCUT2D eigenvalue weighted by Crippen LogP contribution is 2.36. The highest BCUT2D eigenvalue weighted by molar-refractivity contribution is 5.91. The van der Waals surface area contributed by atoms with Gasteiger partial charge in [0, 0.05) is 13.1 Å². The Morgan fingerprint density at radius 2 is 2.16 bits per heavy atom. The maximum atomic E-state index is 12.1. The van der Waals surface area contributed by atoms with Gasteiger partial charge in [0.1, 0.15) is 0 Å². The van der Waals surface area contributed by atoms with E-state index in [1.165, 1.54) is 12.6 Å². The molecule has 2 N–H and O–H groups in total. The smallest absolute Gasteiger partial charge is 0.291 e. The second-order valence-electron chi connectivity index (χ2n) is 5.05. The van der Waals surface area contributed by atoms with Crippen LogP contribution in [0, 0.1) is 5.41 Å². The molecule has 1 aliphatic rings. The predicted octanol–water partition coefficient (Wildman–Crippen LogP) is 1.18. The zero-order valence-corrected chi connectivity index (χ0v) is 11.1. The van der Waals surface area contributed by atoms with E-state index in [4.69, 9.17) is 10.2 Å². The molecule has 2 heterocycles. The minimum absolute atomic E-state index is 0.174. The first-order valence-corrected chi connectivity index (χ1v) is 6.57. The standard InChI is InChI=1S/C13H19N3O3/c1-2-3-13(12(14)18)4-6-16(7-5-13)11(17)10-8-15-9-19-10/h8-9H,2-7H2,1H3,(H2,14,18). The Hall–Kier alpha value is -1.85. The summed E-state index contributed by atoms with van der Waals surface area (Å²) in [6.45, 7) is 3.10. The SMILES string of the molecule is CCCC1(C(N)=O)CCN(C(=O)c2cnco2)CC1. The van der Waals surface area contributed by atoms with Gasteiger partial charge in [-0.3, -0.25) is 9.59 Å². The van der Waals surface area contributed by atoms with Crippen molar-refractivity contribution in [2.75, 3.05) is 13.1 Å². The molecule has 1 aromatic rings. The van der Waals surface area contributed by atoms with Crippen LogP contribution in [0.1, 0.15) is 43.2 Å². The van der Waals surface area contributed by atoms with Crippen molar-refractivity contribution in [1.29, 1.82) is 0 Å². The number of carbonyl (C=O) groups is 2. The molecule has 0 aromatic carbocycles. The van der Waals surface area contributed by atoms with Gasteiger partial charge < -0.3 is 15.1 Å². The number of hydrogen-bond acceptors (Lipinski definition) is 4. The number of likely N-dealkylation sites (tertiary alicyclic amines) is 1. The third-order valence-corrected chi connectivity index (χ3v) is 3.90. The van der Waals surface area contributed by atoms with Crippen molar-refractivity contribution in [2.45, 2.75) is 32.6 Å². The Labute approximate surface area is 112 Å². The molecule has 1 fully saturated rings. The van der Waals surface area contributed by atoms with Gasteiger partial charge in [0.2, 0.25) is 11.7 Å². The lowest BCUT2D eigenvalue weighted by molar-refractivity contribution is -0.130. The zero-order valence-electron chi connectivity index (χ0n) is 11.1. The normalized spacial score (nSPS) is 18.3. The van der Waals surface area contributed by atoms with E-state index in [-0.39, 0.29) is 17.6 Å². The molecule has 0 unspecified atom stereocenters. The van der Waals surface area contributed by atoms with Crippen LogP contribution in [0.25, 0.3) is 0 Å². The summed E-state index contributed by atoms with van der Waals surface area (Å²) in [7, 11) is 0. The molecule has 0 saturated carbocycles. The highest BCUT2D eigenvalue weighted by atomic mass is 16.3. The summed E-state index contributed by atoms with van der Waals surface area (Å²) in [6.07, 6.45) is 5.59. The van der Waals surface area contributed by atoms with Crippen LogP contribution >= 0.6 is 0 Å². The molecular weight excluding hydrogens is 246 g/mol. The molecular formula is C13H19N3O3. The van der Waals surface area contributed by atoms with E-state index in [0.717, 1.165) is 12.8 Å². The van der Waals surface area contributed by atoms with Gasteiger partial charge >= 0.3 is 0 Å². The van der Waals surface area contributed by atoms with E-state index >= 15 is 0 Å². The Kier molecular flexibility index (Phi) is 3.87. The van der Waals surface area contributed by atoms with Gasteiger partial charge in [0.05, 0.1) is 11.6 Å². The van der Waals surface area contributed by atoms with Crippen LogP contribution in [0.3, 0.4) is 0 Å². The third kappa shape index (κ3) is 2.62. The monoisotopic (exact) mass is 265 g/mol. The number of rotatable bonds is 4.